The molecule has 1 aromatic heterocycles. The van der Waals surface area contributed by atoms with E-state index in [0.29, 0.717) is 0 Å². The average Bonchev–Trinajstić information content (AvgIpc) is 2.87. The molecule has 0 aliphatic carbocycles. The molecule has 1 heterocycles. The SMILES string of the molecule is CC(=O)c1cc(-c2ccc(Br)cc2)n(-c2ccc(Br)cc2)c1C. The maximum absolute atomic E-state index is 12.0. The van der Waals surface area contributed by atoms with Gasteiger partial charge in [-0.1, -0.05) is 44.0 Å². The Morgan fingerprint density at radius 3 is 1.96 bits per heavy atom. The minimum atomic E-state index is 0.0803. The van der Waals surface area contributed by atoms with Crippen LogP contribution < -0.4 is 0 Å². The highest BCUT2D eigenvalue weighted by Crippen LogP contribution is 2.31. The predicted octanol–water partition coefficient (Wildman–Crippen LogP) is 6.18. The van der Waals surface area contributed by atoms with Crippen LogP contribution in [0.4, 0.5) is 0 Å². The van der Waals surface area contributed by atoms with E-state index >= 15 is 0 Å². The highest BCUT2D eigenvalue weighted by molar-refractivity contribution is 9.10. The normalized spacial score (nSPS) is 10.8. The summed E-state index contributed by atoms with van der Waals surface area (Å²) in [6.45, 7) is 3.60. The summed E-state index contributed by atoms with van der Waals surface area (Å²) >= 11 is 6.93. The number of rotatable bonds is 3. The number of hydrogen-bond acceptors (Lipinski definition) is 1. The van der Waals surface area contributed by atoms with E-state index in [1.54, 1.807) is 6.92 Å². The molecule has 0 saturated heterocycles. The van der Waals surface area contributed by atoms with Crippen LogP contribution in [0.25, 0.3) is 16.9 Å². The van der Waals surface area contributed by atoms with Crippen LogP contribution in [-0.4, -0.2) is 10.4 Å². The van der Waals surface area contributed by atoms with Gasteiger partial charge in [0.05, 0.1) is 5.69 Å². The Bertz CT molecular complexity index is 862. The number of nitrogens with zero attached hydrogens (tertiary/aromatic N) is 1. The molecule has 0 unspecified atom stereocenters. The third-order valence-corrected chi connectivity index (χ3v) is 4.91. The summed E-state index contributed by atoms with van der Waals surface area (Å²) in [6.07, 6.45) is 0. The highest BCUT2D eigenvalue weighted by atomic mass is 79.9. The van der Waals surface area contributed by atoms with E-state index in [-0.39, 0.29) is 5.78 Å². The van der Waals surface area contributed by atoms with Gasteiger partial charge in [-0.3, -0.25) is 4.79 Å². The number of benzene rings is 2. The zero-order valence-electron chi connectivity index (χ0n) is 12.8. The molecule has 0 radical (unpaired) electrons. The molecular weight excluding hydrogens is 418 g/mol. The number of halogens is 2. The molecule has 4 heteroatoms. The third kappa shape index (κ3) is 3.19. The van der Waals surface area contributed by atoms with E-state index in [1.165, 1.54) is 0 Å². The fraction of sp³-hybridized carbons (Fsp3) is 0.105. The zero-order chi connectivity index (χ0) is 16.6. The van der Waals surface area contributed by atoms with Crippen molar-refractivity contribution in [1.29, 1.82) is 0 Å². The molecule has 3 rings (SSSR count). The molecule has 0 bridgehead atoms. The Morgan fingerprint density at radius 2 is 1.43 bits per heavy atom. The standard InChI is InChI=1S/C19H15Br2NO/c1-12-18(13(2)23)11-19(14-3-5-15(20)6-4-14)22(12)17-9-7-16(21)8-10-17/h3-11H,1-2H3. The molecule has 116 valence electrons. The molecule has 2 nitrogen and oxygen atoms in total. The summed E-state index contributed by atoms with van der Waals surface area (Å²) in [6, 6.07) is 18.2. The summed E-state index contributed by atoms with van der Waals surface area (Å²) in [4.78, 5) is 12.0. The molecule has 0 N–H and O–H groups in total. The van der Waals surface area contributed by atoms with Crippen LogP contribution >= 0.6 is 31.9 Å². The second-order valence-corrected chi connectivity index (χ2v) is 7.23. The number of ketones is 1. The van der Waals surface area contributed by atoms with Gasteiger partial charge in [0, 0.05) is 25.9 Å². The number of Topliss-reactive ketones (excluding diaryl/α,β-unsaturated/α-hetero) is 1. The van der Waals surface area contributed by atoms with Crippen molar-refractivity contribution in [3.63, 3.8) is 0 Å². The Morgan fingerprint density at radius 1 is 0.913 bits per heavy atom. The van der Waals surface area contributed by atoms with Crippen molar-refractivity contribution in [1.82, 2.24) is 4.57 Å². The van der Waals surface area contributed by atoms with Crippen LogP contribution in [-0.2, 0) is 0 Å². The molecule has 3 aromatic rings. The van der Waals surface area contributed by atoms with Crippen molar-refractivity contribution < 1.29 is 4.79 Å². The molecule has 0 atom stereocenters. The molecule has 23 heavy (non-hydrogen) atoms. The summed E-state index contributed by atoms with van der Waals surface area (Å²) in [7, 11) is 0. The molecule has 2 aromatic carbocycles. The van der Waals surface area contributed by atoms with E-state index in [0.717, 1.165) is 37.1 Å². The van der Waals surface area contributed by atoms with E-state index < -0.39 is 0 Å². The Balaban J connectivity index is 2.25. The first kappa shape index (κ1) is 16.2. The van der Waals surface area contributed by atoms with Crippen LogP contribution in [0.2, 0.25) is 0 Å². The van der Waals surface area contributed by atoms with Gasteiger partial charge in [-0.15, -0.1) is 0 Å². The fourth-order valence-corrected chi connectivity index (χ4v) is 3.25. The molecule has 0 fully saturated rings. The summed E-state index contributed by atoms with van der Waals surface area (Å²) in [5.41, 5.74) is 4.84. The summed E-state index contributed by atoms with van der Waals surface area (Å²) < 4.78 is 4.20. The molecule has 0 spiro atoms. The van der Waals surface area contributed by atoms with E-state index in [9.17, 15) is 4.79 Å². The van der Waals surface area contributed by atoms with Crippen LogP contribution in [0.15, 0.2) is 63.5 Å². The van der Waals surface area contributed by atoms with Crippen LogP contribution in [0, 0.1) is 6.92 Å². The average molecular weight is 433 g/mol. The lowest BCUT2D eigenvalue weighted by molar-refractivity contribution is 0.101. The first-order valence-corrected chi connectivity index (χ1v) is 8.81. The van der Waals surface area contributed by atoms with Crippen molar-refractivity contribution in [2.45, 2.75) is 13.8 Å². The van der Waals surface area contributed by atoms with Crippen molar-refractivity contribution in [3.05, 3.63) is 74.8 Å². The van der Waals surface area contributed by atoms with Gasteiger partial charge in [0.1, 0.15) is 0 Å². The maximum atomic E-state index is 12.0. The number of carbonyl (C=O) groups excluding carboxylic acids is 1. The quantitative estimate of drug-likeness (QED) is 0.453. The van der Waals surface area contributed by atoms with Gasteiger partial charge >= 0.3 is 0 Å². The summed E-state index contributed by atoms with van der Waals surface area (Å²) in [5, 5.41) is 0. The summed E-state index contributed by atoms with van der Waals surface area (Å²) in [5.74, 6) is 0.0803. The molecular formula is C19H15Br2NO. The van der Waals surface area contributed by atoms with Gasteiger partial charge in [0.15, 0.2) is 5.78 Å². The van der Waals surface area contributed by atoms with Crippen LogP contribution in [0.3, 0.4) is 0 Å². The van der Waals surface area contributed by atoms with E-state index in [2.05, 4.69) is 48.6 Å². The van der Waals surface area contributed by atoms with Gasteiger partial charge in [0.25, 0.3) is 0 Å². The van der Waals surface area contributed by atoms with E-state index in [4.69, 9.17) is 0 Å². The Labute approximate surface area is 152 Å². The number of hydrogen-bond donors (Lipinski definition) is 0. The second-order valence-electron chi connectivity index (χ2n) is 5.40. The van der Waals surface area contributed by atoms with E-state index in [1.807, 2.05) is 49.4 Å². The first-order chi connectivity index (χ1) is 11.0. The van der Waals surface area contributed by atoms with Gasteiger partial charge in [-0.05, 0) is 61.9 Å². The molecule has 0 aliphatic rings. The largest absolute Gasteiger partial charge is 0.313 e. The number of carbonyl (C=O) groups is 1. The third-order valence-electron chi connectivity index (χ3n) is 3.85. The first-order valence-electron chi connectivity index (χ1n) is 7.22. The van der Waals surface area contributed by atoms with Gasteiger partial charge in [0.2, 0.25) is 0 Å². The van der Waals surface area contributed by atoms with Gasteiger partial charge < -0.3 is 4.57 Å². The van der Waals surface area contributed by atoms with Crippen molar-refractivity contribution >= 4 is 37.6 Å². The van der Waals surface area contributed by atoms with Gasteiger partial charge in [-0.2, -0.15) is 0 Å². The van der Waals surface area contributed by atoms with Crippen LogP contribution in [0.1, 0.15) is 23.0 Å². The van der Waals surface area contributed by atoms with Crippen molar-refractivity contribution in [3.8, 4) is 16.9 Å². The Kier molecular flexibility index (Phi) is 4.55. The smallest absolute Gasteiger partial charge is 0.161 e. The minimum Gasteiger partial charge on any atom is -0.313 e. The fourth-order valence-electron chi connectivity index (χ4n) is 2.72. The van der Waals surface area contributed by atoms with Crippen molar-refractivity contribution in [2.75, 3.05) is 0 Å². The zero-order valence-corrected chi connectivity index (χ0v) is 16.0. The number of aromatic nitrogens is 1. The maximum Gasteiger partial charge on any atom is 0.161 e. The van der Waals surface area contributed by atoms with Crippen LogP contribution in [0.5, 0.6) is 0 Å². The Hall–Kier alpha value is -1.65. The van der Waals surface area contributed by atoms with Gasteiger partial charge in [-0.25, -0.2) is 0 Å². The molecule has 0 aliphatic heterocycles. The highest BCUT2D eigenvalue weighted by Gasteiger charge is 2.17. The second kappa shape index (κ2) is 6.46. The lowest BCUT2D eigenvalue weighted by Gasteiger charge is -2.12. The van der Waals surface area contributed by atoms with Crippen molar-refractivity contribution in [2.24, 2.45) is 0 Å². The predicted molar refractivity (Wildman–Crippen MR) is 101 cm³/mol. The molecule has 0 saturated carbocycles. The monoisotopic (exact) mass is 431 g/mol. The molecule has 0 amide bonds. The lowest BCUT2D eigenvalue weighted by atomic mass is 10.1. The lowest BCUT2D eigenvalue weighted by Crippen LogP contribution is -2.01. The minimum absolute atomic E-state index is 0.0803. The topological polar surface area (TPSA) is 22.0 Å².